The minimum absolute atomic E-state index is 0.150. The molecule has 0 aromatic rings. The van der Waals surface area contributed by atoms with Gasteiger partial charge in [0.1, 0.15) is 0 Å². The quantitative estimate of drug-likeness (QED) is 0.765. The molecule has 0 aromatic carbocycles. The van der Waals surface area contributed by atoms with E-state index in [-0.39, 0.29) is 12.0 Å². The molecule has 5 heteroatoms. The molecule has 0 heterocycles. The van der Waals surface area contributed by atoms with E-state index >= 15 is 0 Å². The summed E-state index contributed by atoms with van der Waals surface area (Å²) >= 11 is 0. The van der Waals surface area contributed by atoms with E-state index in [1.165, 1.54) is 0 Å². The largest absolute Gasteiger partial charge is 0.214 e. The molecular formula is C9H16N2O2S. The Morgan fingerprint density at radius 1 is 1.43 bits per heavy atom. The van der Waals surface area contributed by atoms with E-state index in [1.54, 1.807) is 13.8 Å². The zero-order valence-electron chi connectivity index (χ0n) is 8.53. The topological polar surface area (TPSA) is 70.0 Å². The third-order valence-electron chi connectivity index (χ3n) is 2.62. The molecule has 0 aromatic heterocycles. The molecule has 0 amide bonds. The Hall–Kier alpha value is -0.600. The summed E-state index contributed by atoms with van der Waals surface area (Å²) in [6.45, 7) is 3.28. The van der Waals surface area contributed by atoms with Gasteiger partial charge in [-0.3, -0.25) is 0 Å². The van der Waals surface area contributed by atoms with Crippen LogP contribution in [0.1, 0.15) is 33.1 Å². The molecule has 4 nitrogen and oxygen atoms in total. The van der Waals surface area contributed by atoms with Crippen LogP contribution in [0.25, 0.3) is 0 Å². The summed E-state index contributed by atoms with van der Waals surface area (Å²) in [6, 6.07) is 1.97. The molecule has 1 aliphatic rings. The predicted molar refractivity (Wildman–Crippen MR) is 53.9 cm³/mol. The monoisotopic (exact) mass is 216 g/mol. The van der Waals surface area contributed by atoms with Crippen LogP contribution in [-0.2, 0) is 10.0 Å². The first-order valence-electron chi connectivity index (χ1n) is 4.88. The first-order valence-corrected chi connectivity index (χ1v) is 6.42. The molecule has 1 aliphatic carbocycles. The summed E-state index contributed by atoms with van der Waals surface area (Å²) in [6.07, 6.45) is 2.52. The molecule has 1 N–H and O–H groups in total. The van der Waals surface area contributed by atoms with Crippen LogP contribution in [0.3, 0.4) is 0 Å². The molecule has 1 fully saturated rings. The maximum atomic E-state index is 11.5. The van der Waals surface area contributed by atoms with Crippen LogP contribution < -0.4 is 4.72 Å². The first kappa shape index (κ1) is 11.5. The van der Waals surface area contributed by atoms with Gasteiger partial charge in [-0.1, -0.05) is 6.42 Å². The van der Waals surface area contributed by atoms with Gasteiger partial charge >= 0.3 is 0 Å². The highest BCUT2D eigenvalue weighted by molar-refractivity contribution is 7.90. The fourth-order valence-electron chi connectivity index (χ4n) is 1.60. The Morgan fingerprint density at radius 3 is 2.57 bits per heavy atom. The molecule has 14 heavy (non-hydrogen) atoms. The van der Waals surface area contributed by atoms with Crippen molar-refractivity contribution in [2.45, 2.75) is 44.4 Å². The van der Waals surface area contributed by atoms with Crippen LogP contribution in [0.15, 0.2) is 0 Å². The average Bonchev–Trinajstić information content (AvgIpc) is 2.50. The number of nitrogens with one attached hydrogen (secondary N) is 1. The van der Waals surface area contributed by atoms with Gasteiger partial charge in [-0.2, -0.15) is 5.26 Å². The average molecular weight is 216 g/mol. The van der Waals surface area contributed by atoms with Crippen LogP contribution in [0.2, 0.25) is 0 Å². The highest BCUT2D eigenvalue weighted by Gasteiger charge is 2.31. The first-order chi connectivity index (χ1) is 6.47. The van der Waals surface area contributed by atoms with Crippen molar-refractivity contribution in [1.82, 2.24) is 4.72 Å². The van der Waals surface area contributed by atoms with Crippen molar-refractivity contribution in [3.8, 4) is 6.07 Å². The van der Waals surface area contributed by atoms with Crippen LogP contribution in [0.4, 0.5) is 0 Å². The Balaban J connectivity index is 2.66. The van der Waals surface area contributed by atoms with Crippen molar-refractivity contribution in [2.75, 3.05) is 0 Å². The van der Waals surface area contributed by atoms with Crippen molar-refractivity contribution in [2.24, 2.45) is 5.92 Å². The summed E-state index contributed by atoms with van der Waals surface area (Å²) in [4.78, 5) is 0. The van der Waals surface area contributed by atoms with E-state index < -0.39 is 15.3 Å². The van der Waals surface area contributed by atoms with Gasteiger partial charge in [0.25, 0.3) is 0 Å². The van der Waals surface area contributed by atoms with E-state index in [2.05, 4.69) is 10.8 Å². The number of hydrogen-bond acceptors (Lipinski definition) is 3. The van der Waals surface area contributed by atoms with Crippen molar-refractivity contribution in [1.29, 1.82) is 5.26 Å². The van der Waals surface area contributed by atoms with Crippen molar-refractivity contribution in [3.05, 3.63) is 0 Å². The van der Waals surface area contributed by atoms with E-state index in [0.29, 0.717) is 0 Å². The maximum absolute atomic E-state index is 11.5. The van der Waals surface area contributed by atoms with E-state index in [0.717, 1.165) is 19.3 Å². The summed E-state index contributed by atoms with van der Waals surface area (Å²) in [5.74, 6) is -0.150. The second kappa shape index (κ2) is 4.28. The van der Waals surface area contributed by atoms with Gasteiger partial charge in [0, 0.05) is 6.04 Å². The summed E-state index contributed by atoms with van der Waals surface area (Å²) in [5.41, 5.74) is 0. The molecule has 0 saturated heterocycles. The molecule has 1 rings (SSSR count). The highest BCUT2D eigenvalue weighted by Crippen LogP contribution is 2.25. The Morgan fingerprint density at radius 2 is 2.07 bits per heavy atom. The summed E-state index contributed by atoms with van der Waals surface area (Å²) in [5, 5.41) is 8.36. The maximum Gasteiger partial charge on any atom is 0.214 e. The summed E-state index contributed by atoms with van der Waals surface area (Å²) < 4.78 is 25.7. The smallest absolute Gasteiger partial charge is 0.212 e. The SMILES string of the molecule is CC(C)S(=O)(=O)NC1CCCC1C#N. The molecule has 80 valence electrons. The zero-order valence-corrected chi connectivity index (χ0v) is 9.34. The van der Waals surface area contributed by atoms with Gasteiger partial charge in [-0.15, -0.1) is 0 Å². The second-order valence-electron chi connectivity index (χ2n) is 3.98. The summed E-state index contributed by atoms with van der Waals surface area (Å²) in [7, 11) is -3.23. The van der Waals surface area contributed by atoms with Gasteiger partial charge in [0.2, 0.25) is 10.0 Å². The lowest BCUT2D eigenvalue weighted by molar-refractivity contribution is 0.510. The van der Waals surface area contributed by atoms with Crippen LogP contribution >= 0.6 is 0 Å². The van der Waals surface area contributed by atoms with E-state index in [4.69, 9.17) is 5.26 Å². The minimum atomic E-state index is -3.23. The zero-order chi connectivity index (χ0) is 10.8. The molecule has 1 saturated carbocycles. The fourth-order valence-corrected chi connectivity index (χ4v) is 2.58. The van der Waals surface area contributed by atoms with Crippen molar-refractivity contribution < 1.29 is 8.42 Å². The van der Waals surface area contributed by atoms with E-state index in [1.807, 2.05) is 0 Å². The molecule has 2 unspecified atom stereocenters. The number of sulfonamides is 1. The van der Waals surface area contributed by atoms with Crippen LogP contribution in [0, 0.1) is 17.2 Å². The Bertz CT molecular complexity index is 329. The lowest BCUT2D eigenvalue weighted by atomic mass is 10.1. The van der Waals surface area contributed by atoms with Gasteiger partial charge in [0.15, 0.2) is 0 Å². The second-order valence-corrected chi connectivity index (χ2v) is 6.25. The fraction of sp³-hybridized carbons (Fsp3) is 0.889. The number of nitriles is 1. The van der Waals surface area contributed by atoms with Crippen LogP contribution in [-0.4, -0.2) is 19.7 Å². The number of nitrogens with zero attached hydrogens (tertiary/aromatic N) is 1. The minimum Gasteiger partial charge on any atom is -0.212 e. The molecular weight excluding hydrogens is 200 g/mol. The number of hydrogen-bond donors (Lipinski definition) is 1. The van der Waals surface area contributed by atoms with Gasteiger partial charge in [0.05, 0.1) is 17.2 Å². The van der Waals surface area contributed by atoms with Gasteiger partial charge in [-0.25, -0.2) is 13.1 Å². The molecule has 2 atom stereocenters. The van der Waals surface area contributed by atoms with Crippen molar-refractivity contribution >= 4 is 10.0 Å². The van der Waals surface area contributed by atoms with E-state index in [9.17, 15) is 8.42 Å². The standard InChI is InChI=1S/C9H16N2O2S/c1-7(2)14(12,13)11-9-5-3-4-8(9)6-10/h7-9,11H,3-5H2,1-2H3. The van der Waals surface area contributed by atoms with Crippen molar-refractivity contribution in [3.63, 3.8) is 0 Å². The molecule has 0 bridgehead atoms. The predicted octanol–water partition coefficient (Wildman–Crippen LogP) is 1.01. The third-order valence-corrected chi connectivity index (χ3v) is 4.49. The highest BCUT2D eigenvalue weighted by atomic mass is 32.2. The normalized spacial score (nSPS) is 27.9. The van der Waals surface area contributed by atoms with Gasteiger partial charge in [-0.05, 0) is 26.7 Å². The lowest BCUT2D eigenvalue weighted by Gasteiger charge is -2.17. The lowest BCUT2D eigenvalue weighted by Crippen LogP contribution is -2.40. The molecule has 0 spiro atoms. The molecule has 0 aliphatic heterocycles. The third kappa shape index (κ3) is 2.46. The van der Waals surface area contributed by atoms with Crippen LogP contribution in [0.5, 0.6) is 0 Å². The number of rotatable bonds is 3. The Kier molecular flexibility index (Phi) is 3.51. The molecule has 0 radical (unpaired) electrons. The Labute approximate surface area is 85.4 Å². The van der Waals surface area contributed by atoms with Gasteiger partial charge < -0.3 is 0 Å².